The summed E-state index contributed by atoms with van der Waals surface area (Å²) in [5, 5.41) is 23.4. The normalized spacial score (nSPS) is 12.5. The molecule has 2 unspecified atom stereocenters. The van der Waals surface area contributed by atoms with Gasteiger partial charge in [0, 0.05) is 12.8 Å². The molecule has 0 aromatic heterocycles. The van der Waals surface area contributed by atoms with Gasteiger partial charge in [0.05, 0.1) is 25.4 Å². The molecule has 0 aliphatic carbocycles. The molecule has 0 radical (unpaired) electrons. The van der Waals surface area contributed by atoms with E-state index in [0.29, 0.717) is 25.9 Å². The Bertz CT molecular complexity index is 1410. The van der Waals surface area contributed by atoms with Crippen LogP contribution in [0.25, 0.3) is 0 Å². The summed E-state index contributed by atoms with van der Waals surface area (Å²) in [6.45, 7) is 4.98. The molecule has 0 saturated carbocycles. The fraction of sp³-hybridized carbons (Fsp3) is 0.929. The molecule has 0 aliphatic heterocycles. The molecule has 0 heterocycles. The molecule has 90 heavy (non-hydrogen) atoms. The fourth-order valence-corrected chi connectivity index (χ4v) is 13.4. The number of aliphatic hydroxyl groups is 2. The fourth-order valence-electron chi connectivity index (χ4n) is 13.4. The summed E-state index contributed by atoms with van der Waals surface area (Å²) in [5.74, 6) is -0.00704. The largest absolute Gasteiger partial charge is 0.466 e. The zero-order chi connectivity index (χ0) is 64.9. The molecule has 3 N–H and O–H groups in total. The Kier molecular flexibility index (Phi) is 78.3. The van der Waals surface area contributed by atoms with E-state index < -0.39 is 12.1 Å². The second kappa shape index (κ2) is 79.8. The van der Waals surface area contributed by atoms with Crippen LogP contribution in [0.5, 0.6) is 0 Å². The summed E-state index contributed by atoms with van der Waals surface area (Å²) >= 11 is 0. The van der Waals surface area contributed by atoms with Crippen LogP contribution in [0.15, 0.2) is 24.3 Å². The maximum absolute atomic E-state index is 12.5. The van der Waals surface area contributed by atoms with Crippen molar-refractivity contribution in [2.24, 2.45) is 0 Å². The van der Waals surface area contributed by atoms with Crippen molar-refractivity contribution in [2.45, 2.75) is 488 Å². The van der Waals surface area contributed by atoms with E-state index in [1.165, 1.54) is 392 Å². The Morgan fingerprint density at radius 1 is 0.311 bits per heavy atom. The zero-order valence-corrected chi connectivity index (χ0v) is 61.4. The summed E-state index contributed by atoms with van der Waals surface area (Å²) in [4.78, 5) is 24.7. The van der Waals surface area contributed by atoms with Crippen molar-refractivity contribution in [3.05, 3.63) is 24.3 Å². The molecule has 0 aromatic carbocycles. The predicted octanol–water partition coefficient (Wildman–Crippen LogP) is 27.6. The first kappa shape index (κ1) is 88.3. The number of carbonyl (C=O) groups excluding carboxylic acids is 2. The average Bonchev–Trinajstić information content (AvgIpc) is 3.69. The third kappa shape index (κ3) is 75.4. The van der Waals surface area contributed by atoms with Gasteiger partial charge in [-0.05, 0) is 57.8 Å². The van der Waals surface area contributed by atoms with Gasteiger partial charge in [0.25, 0.3) is 0 Å². The van der Waals surface area contributed by atoms with E-state index in [-0.39, 0.29) is 18.5 Å². The lowest BCUT2D eigenvalue weighted by molar-refractivity contribution is -0.143. The van der Waals surface area contributed by atoms with Gasteiger partial charge in [0.1, 0.15) is 0 Å². The Hall–Kier alpha value is -1.66. The van der Waals surface area contributed by atoms with Crippen molar-refractivity contribution in [1.29, 1.82) is 0 Å². The smallest absolute Gasteiger partial charge is 0.305 e. The Morgan fingerprint density at radius 3 is 0.867 bits per heavy atom. The number of allylic oxidation sites excluding steroid dienone is 4. The van der Waals surface area contributed by atoms with Crippen LogP contribution in [0, 0.1) is 0 Å². The standard InChI is InChI=1S/C84H163NO5/c1-3-5-7-9-11-13-15-17-19-44-48-52-56-60-64-68-72-76-82(87)81(80-86)85-83(88)77-73-69-65-61-57-53-49-46-42-40-38-36-34-32-30-28-26-24-22-21-23-25-27-29-31-33-35-37-39-41-43-47-51-55-59-63-67-71-75-79-90-84(89)78-74-70-66-62-58-54-50-45-20-18-16-14-12-10-8-6-4-2/h12,14,18,20,81-82,86-87H,3-11,13,15-17,19,21-80H2,1-2H3,(H,85,88)/b14-12-,20-18-. The lowest BCUT2D eigenvalue weighted by Crippen LogP contribution is -2.45. The summed E-state index contributed by atoms with van der Waals surface area (Å²) in [5.41, 5.74) is 0. The van der Waals surface area contributed by atoms with E-state index in [1.54, 1.807) is 0 Å². The van der Waals surface area contributed by atoms with Crippen LogP contribution in [-0.4, -0.2) is 47.4 Å². The van der Waals surface area contributed by atoms with Gasteiger partial charge < -0.3 is 20.3 Å². The molecule has 0 aliphatic rings. The van der Waals surface area contributed by atoms with Crippen LogP contribution in [0.3, 0.4) is 0 Å². The molecular formula is C84H163NO5. The highest BCUT2D eigenvalue weighted by Crippen LogP contribution is 2.21. The summed E-state index contributed by atoms with van der Waals surface area (Å²) in [6.07, 6.45) is 103. The average molecular weight is 1270 g/mol. The minimum atomic E-state index is -0.660. The van der Waals surface area contributed by atoms with Crippen molar-refractivity contribution in [3.63, 3.8) is 0 Å². The van der Waals surface area contributed by atoms with Crippen molar-refractivity contribution in [3.8, 4) is 0 Å². The second-order valence-electron chi connectivity index (χ2n) is 28.8. The molecule has 0 bridgehead atoms. The number of carbonyl (C=O) groups is 2. The molecule has 0 saturated heterocycles. The first-order chi connectivity index (χ1) is 44.5. The molecule has 0 aromatic rings. The summed E-state index contributed by atoms with van der Waals surface area (Å²) in [6, 6.07) is -0.537. The van der Waals surface area contributed by atoms with Gasteiger partial charge in [0.2, 0.25) is 5.91 Å². The van der Waals surface area contributed by atoms with Gasteiger partial charge in [-0.15, -0.1) is 0 Å². The van der Waals surface area contributed by atoms with Gasteiger partial charge in [0.15, 0.2) is 0 Å². The molecule has 6 heteroatoms. The minimum absolute atomic E-state index is 0.0172. The Labute approximate surface area is 564 Å². The second-order valence-corrected chi connectivity index (χ2v) is 28.8. The van der Waals surface area contributed by atoms with Gasteiger partial charge in [-0.1, -0.05) is 430 Å². The molecule has 6 nitrogen and oxygen atoms in total. The number of ether oxygens (including phenoxy) is 1. The number of aliphatic hydroxyl groups excluding tert-OH is 2. The van der Waals surface area contributed by atoms with Crippen molar-refractivity contribution >= 4 is 11.9 Å². The maximum Gasteiger partial charge on any atom is 0.305 e. The predicted molar refractivity (Wildman–Crippen MR) is 398 cm³/mol. The number of rotatable bonds is 79. The molecule has 1 amide bonds. The van der Waals surface area contributed by atoms with Crippen LogP contribution in [0.1, 0.15) is 476 Å². The van der Waals surface area contributed by atoms with Crippen LogP contribution in [0.4, 0.5) is 0 Å². The van der Waals surface area contributed by atoms with E-state index in [0.717, 1.165) is 51.4 Å². The number of esters is 1. The first-order valence-electron chi connectivity index (χ1n) is 41.6. The third-order valence-electron chi connectivity index (χ3n) is 19.8. The van der Waals surface area contributed by atoms with Crippen LogP contribution < -0.4 is 5.32 Å². The van der Waals surface area contributed by atoms with E-state index in [1.807, 2.05) is 0 Å². The molecule has 0 spiro atoms. The quantitative estimate of drug-likeness (QED) is 0.0320. The summed E-state index contributed by atoms with van der Waals surface area (Å²) < 4.78 is 5.51. The third-order valence-corrected chi connectivity index (χ3v) is 19.8. The number of amides is 1. The lowest BCUT2D eigenvalue weighted by Gasteiger charge is -2.22. The molecule has 0 rings (SSSR count). The first-order valence-corrected chi connectivity index (χ1v) is 41.6. The van der Waals surface area contributed by atoms with E-state index in [4.69, 9.17) is 4.74 Å². The number of nitrogens with one attached hydrogen (secondary N) is 1. The minimum Gasteiger partial charge on any atom is -0.466 e. The molecule has 2 atom stereocenters. The SMILES string of the molecule is CCCCC/C=C\C/C=C\CCCCCCCCCC(=O)OCCCCCCCCCCCCCCCCCCCCCCCCCCCCCCCCCCCCCCCCCC(=O)NC(CO)C(O)CCCCCCCCCCCCCCCCCCC. The molecule has 0 fully saturated rings. The highest BCUT2D eigenvalue weighted by molar-refractivity contribution is 5.76. The molecular weight excluding hydrogens is 1100 g/mol. The Balaban J connectivity index is 3.28. The zero-order valence-electron chi connectivity index (χ0n) is 61.4. The van der Waals surface area contributed by atoms with Crippen LogP contribution in [-0.2, 0) is 14.3 Å². The highest BCUT2D eigenvalue weighted by atomic mass is 16.5. The number of unbranched alkanes of at least 4 members (excludes halogenated alkanes) is 64. The monoisotopic (exact) mass is 1270 g/mol. The molecule has 534 valence electrons. The number of hydrogen-bond acceptors (Lipinski definition) is 5. The highest BCUT2D eigenvalue weighted by Gasteiger charge is 2.20. The van der Waals surface area contributed by atoms with Crippen molar-refractivity contribution in [1.82, 2.24) is 5.32 Å². The van der Waals surface area contributed by atoms with Crippen molar-refractivity contribution < 1.29 is 24.5 Å². The van der Waals surface area contributed by atoms with Crippen LogP contribution >= 0.6 is 0 Å². The lowest BCUT2D eigenvalue weighted by atomic mass is 10.0. The van der Waals surface area contributed by atoms with E-state index in [9.17, 15) is 19.8 Å². The topological polar surface area (TPSA) is 95.9 Å². The van der Waals surface area contributed by atoms with Gasteiger partial charge in [-0.3, -0.25) is 9.59 Å². The number of hydrogen-bond donors (Lipinski definition) is 3. The van der Waals surface area contributed by atoms with E-state index >= 15 is 0 Å². The van der Waals surface area contributed by atoms with Crippen molar-refractivity contribution in [2.75, 3.05) is 13.2 Å². The van der Waals surface area contributed by atoms with Gasteiger partial charge in [-0.2, -0.15) is 0 Å². The van der Waals surface area contributed by atoms with Gasteiger partial charge in [-0.25, -0.2) is 0 Å². The maximum atomic E-state index is 12.5. The summed E-state index contributed by atoms with van der Waals surface area (Å²) in [7, 11) is 0. The Morgan fingerprint density at radius 2 is 0.556 bits per heavy atom. The van der Waals surface area contributed by atoms with Gasteiger partial charge >= 0.3 is 5.97 Å². The van der Waals surface area contributed by atoms with Crippen LogP contribution in [0.2, 0.25) is 0 Å². The van der Waals surface area contributed by atoms with E-state index in [2.05, 4.69) is 43.5 Å².